The van der Waals surface area contributed by atoms with Crippen molar-refractivity contribution in [3.05, 3.63) is 71.8 Å². The number of aliphatic hydroxyl groups excluding tert-OH is 1. The lowest BCUT2D eigenvalue weighted by Crippen LogP contribution is -2.49. The van der Waals surface area contributed by atoms with E-state index in [1.54, 1.807) is 0 Å². The van der Waals surface area contributed by atoms with Gasteiger partial charge in [0, 0.05) is 12.6 Å². The van der Waals surface area contributed by atoms with Gasteiger partial charge in [0.2, 0.25) is 0 Å². The second kappa shape index (κ2) is 11.2. The van der Waals surface area contributed by atoms with E-state index in [0.29, 0.717) is 24.9 Å². The Bertz CT molecular complexity index is 938. The summed E-state index contributed by atoms with van der Waals surface area (Å²) in [5, 5.41) is 11.4. The van der Waals surface area contributed by atoms with Crippen molar-refractivity contribution in [3.63, 3.8) is 0 Å². The number of carbonyl (C=O) groups is 2. The van der Waals surface area contributed by atoms with Crippen LogP contribution in [0.15, 0.2) is 60.7 Å². The van der Waals surface area contributed by atoms with Crippen LogP contribution in [0.1, 0.15) is 64.7 Å². The predicted octanol–water partition coefficient (Wildman–Crippen LogP) is 4.66. The normalized spacial score (nSPS) is 20.7. The highest BCUT2D eigenvalue weighted by molar-refractivity contribution is 5.78. The van der Waals surface area contributed by atoms with Crippen molar-refractivity contribution < 1.29 is 24.2 Å². The molecule has 0 saturated carbocycles. The van der Waals surface area contributed by atoms with Crippen LogP contribution in [0.4, 0.5) is 0 Å². The summed E-state index contributed by atoms with van der Waals surface area (Å²) in [5.41, 5.74) is 0.963. The molecule has 3 rings (SSSR count). The Kier molecular flexibility index (Phi) is 8.50. The van der Waals surface area contributed by atoms with Crippen LogP contribution in [0.25, 0.3) is 0 Å². The van der Waals surface area contributed by atoms with Crippen molar-refractivity contribution in [3.8, 4) is 0 Å². The molecule has 2 aromatic rings. The Labute approximate surface area is 202 Å². The van der Waals surface area contributed by atoms with Crippen molar-refractivity contribution in [1.29, 1.82) is 0 Å². The summed E-state index contributed by atoms with van der Waals surface area (Å²) < 4.78 is 11.3. The summed E-state index contributed by atoms with van der Waals surface area (Å²) in [6, 6.07) is 18.1. The molecule has 1 heterocycles. The maximum Gasteiger partial charge on any atom is 0.323 e. The first-order valence-corrected chi connectivity index (χ1v) is 12.0. The Balaban J connectivity index is 1.99. The maximum absolute atomic E-state index is 13.5. The number of hydrogen-bond acceptors (Lipinski definition) is 6. The van der Waals surface area contributed by atoms with E-state index in [4.69, 9.17) is 9.47 Å². The second-order valence-electron chi connectivity index (χ2n) is 10.2. The molecule has 1 aliphatic rings. The van der Waals surface area contributed by atoms with Gasteiger partial charge in [0.25, 0.3) is 0 Å². The fourth-order valence-corrected chi connectivity index (χ4v) is 4.59. The summed E-state index contributed by atoms with van der Waals surface area (Å²) in [4.78, 5) is 28.5. The number of hydrogen-bond donors (Lipinski definition) is 1. The van der Waals surface area contributed by atoms with Crippen LogP contribution < -0.4 is 0 Å². The highest BCUT2D eigenvalue weighted by atomic mass is 16.6. The third-order valence-corrected chi connectivity index (χ3v) is 5.97. The van der Waals surface area contributed by atoms with Gasteiger partial charge in [-0.15, -0.1) is 0 Å². The number of esters is 2. The molecule has 0 radical (unpaired) electrons. The molecule has 1 N–H and O–H groups in total. The molecule has 0 aromatic heterocycles. The largest absolute Gasteiger partial charge is 0.462 e. The fourth-order valence-electron chi connectivity index (χ4n) is 4.59. The Hall–Kier alpha value is -2.70. The minimum Gasteiger partial charge on any atom is -0.462 e. The summed E-state index contributed by atoms with van der Waals surface area (Å²) in [5.74, 6) is -1.63. The molecule has 1 fully saturated rings. The van der Waals surface area contributed by atoms with Crippen LogP contribution in [0, 0.1) is 5.92 Å². The number of aliphatic hydroxyl groups is 1. The van der Waals surface area contributed by atoms with Gasteiger partial charge in [0.15, 0.2) is 0 Å². The van der Waals surface area contributed by atoms with E-state index >= 15 is 0 Å². The van der Waals surface area contributed by atoms with Gasteiger partial charge in [-0.05, 0) is 58.6 Å². The van der Waals surface area contributed by atoms with Gasteiger partial charge in [-0.2, -0.15) is 0 Å². The fraction of sp³-hybridized carbons (Fsp3) is 0.500. The molecule has 184 valence electrons. The molecule has 4 atom stereocenters. The number of rotatable bonds is 8. The highest BCUT2D eigenvalue weighted by Gasteiger charge is 2.48. The Morgan fingerprint density at radius 3 is 2.15 bits per heavy atom. The van der Waals surface area contributed by atoms with Crippen LogP contribution in [0.5, 0.6) is 0 Å². The highest BCUT2D eigenvalue weighted by Crippen LogP contribution is 2.38. The molecule has 0 bridgehead atoms. The standard InChI is InChI=1S/C28H37NO5/c1-19(2)33-26(31)23-17-16-22(29(23)18-20-12-8-6-9-13-20)24(27(32)34-28(3,4)5)25(30)21-14-10-7-11-15-21/h6-15,19,22-25,30H,16-18H2,1-5H3/t22-,23+,24?,25?/m1/s1. The molecular weight excluding hydrogens is 430 g/mol. The molecule has 6 nitrogen and oxygen atoms in total. The third kappa shape index (κ3) is 6.67. The molecule has 0 amide bonds. The average Bonchev–Trinajstić information content (AvgIpc) is 3.16. The van der Waals surface area contributed by atoms with Gasteiger partial charge in [0.05, 0.1) is 12.2 Å². The average molecular weight is 468 g/mol. The lowest BCUT2D eigenvalue weighted by Gasteiger charge is -2.36. The van der Waals surface area contributed by atoms with Crippen LogP contribution in [-0.2, 0) is 25.6 Å². The summed E-state index contributed by atoms with van der Waals surface area (Å²) >= 11 is 0. The van der Waals surface area contributed by atoms with E-state index in [1.165, 1.54) is 0 Å². The Morgan fingerprint density at radius 1 is 1.00 bits per heavy atom. The van der Waals surface area contributed by atoms with Gasteiger partial charge in [-0.25, -0.2) is 0 Å². The minimum absolute atomic E-state index is 0.235. The minimum atomic E-state index is -1.07. The zero-order chi connectivity index (χ0) is 24.9. The van der Waals surface area contributed by atoms with Crippen molar-refractivity contribution in [2.75, 3.05) is 0 Å². The van der Waals surface area contributed by atoms with Crippen molar-refractivity contribution >= 4 is 11.9 Å². The SMILES string of the molecule is CC(C)OC(=O)[C@@H]1CC[C@H](C(C(=O)OC(C)(C)C)C(O)c2ccccc2)N1Cc1ccccc1. The predicted molar refractivity (Wildman–Crippen MR) is 131 cm³/mol. The summed E-state index contributed by atoms with van der Waals surface area (Å²) in [6.07, 6.45) is -0.191. The number of benzene rings is 2. The first kappa shape index (κ1) is 25.9. The molecule has 6 heteroatoms. The lowest BCUT2D eigenvalue weighted by molar-refractivity contribution is -0.169. The van der Waals surface area contributed by atoms with Gasteiger partial charge < -0.3 is 14.6 Å². The smallest absolute Gasteiger partial charge is 0.323 e. The molecule has 34 heavy (non-hydrogen) atoms. The number of nitrogens with zero attached hydrogens (tertiary/aromatic N) is 1. The van der Waals surface area contributed by atoms with Crippen LogP contribution >= 0.6 is 0 Å². The third-order valence-electron chi connectivity index (χ3n) is 5.97. The molecule has 1 aliphatic heterocycles. The topological polar surface area (TPSA) is 76.1 Å². The van der Waals surface area contributed by atoms with E-state index in [-0.39, 0.29) is 12.1 Å². The molecule has 0 spiro atoms. The molecular formula is C28H37NO5. The zero-order valence-corrected chi connectivity index (χ0v) is 20.8. The maximum atomic E-state index is 13.5. The first-order valence-electron chi connectivity index (χ1n) is 12.0. The van der Waals surface area contributed by atoms with Gasteiger partial charge >= 0.3 is 11.9 Å². The summed E-state index contributed by atoms with van der Waals surface area (Å²) in [7, 11) is 0. The molecule has 2 unspecified atom stereocenters. The van der Waals surface area contributed by atoms with Crippen molar-refractivity contribution in [2.24, 2.45) is 5.92 Å². The molecule has 0 aliphatic carbocycles. The monoisotopic (exact) mass is 467 g/mol. The van der Waals surface area contributed by atoms with E-state index in [2.05, 4.69) is 0 Å². The quantitative estimate of drug-likeness (QED) is 0.569. The molecule has 1 saturated heterocycles. The van der Waals surface area contributed by atoms with E-state index < -0.39 is 35.7 Å². The lowest BCUT2D eigenvalue weighted by atomic mass is 9.87. The zero-order valence-electron chi connectivity index (χ0n) is 20.8. The van der Waals surface area contributed by atoms with Crippen molar-refractivity contribution in [1.82, 2.24) is 4.90 Å². The van der Waals surface area contributed by atoms with E-state index in [0.717, 1.165) is 5.56 Å². The van der Waals surface area contributed by atoms with E-state index in [1.807, 2.05) is 100 Å². The van der Waals surface area contributed by atoms with Gasteiger partial charge in [-0.1, -0.05) is 60.7 Å². The number of likely N-dealkylation sites (tertiary alicyclic amines) is 1. The molecule has 2 aromatic carbocycles. The van der Waals surface area contributed by atoms with Crippen LogP contribution in [0.3, 0.4) is 0 Å². The number of carbonyl (C=O) groups excluding carboxylic acids is 2. The van der Waals surface area contributed by atoms with Crippen LogP contribution in [0.2, 0.25) is 0 Å². The van der Waals surface area contributed by atoms with Gasteiger partial charge in [0.1, 0.15) is 17.6 Å². The van der Waals surface area contributed by atoms with Crippen molar-refractivity contribution in [2.45, 2.75) is 83.9 Å². The summed E-state index contributed by atoms with van der Waals surface area (Å²) in [6.45, 7) is 9.56. The van der Waals surface area contributed by atoms with Crippen LogP contribution in [-0.4, -0.2) is 45.7 Å². The second-order valence-corrected chi connectivity index (χ2v) is 10.2. The van der Waals surface area contributed by atoms with E-state index in [9.17, 15) is 14.7 Å². The first-order chi connectivity index (χ1) is 16.1. The Morgan fingerprint density at radius 2 is 1.59 bits per heavy atom. The number of ether oxygens (including phenoxy) is 2. The van der Waals surface area contributed by atoms with Gasteiger partial charge in [-0.3, -0.25) is 14.5 Å².